The standard InChI is InChI=1S/C12H19FN2O2/c1-12(2,7-16)6-15-10-5-11(17-3)8(13)4-9(10)14/h4-5,15-16H,6-7,14H2,1-3H3. The Morgan fingerprint density at radius 1 is 1.47 bits per heavy atom. The smallest absolute Gasteiger partial charge is 0.167 e. The van der Waals surface area contributed by atoms with Gasteiger partial charge in [0, 0.05) is 30.7 Å². The first-order valence-electron chi connectivity index (χ1n) is 5.37. The first kappa shape index (κ1) is 13.6. The van der Waals surface area contributed by atoms with E-state index < -0.39 is 5.82 Å². The van der Waals surface area contributed by atoms with Gasteiger partial charge in [0.05, 0.1) is 18.5 Å². The number of hydrogen-bond acceptors (Lipinski definition) is 4. The third-order valence-electron chi connectivity index (χ3n) is 2.51. The summed E-state index contributed by atoms with van der Waals surface area (Å²) < 4.78 is 18.2. The summed E-state index contributed by atoms with van der Waals surface area (Å²) in [5.74, 6) is -0.347. The Morgan fingerprint density at radius 3 is 2.65 bits per heavy atom. The molecule has 0 bridgehead atoms. The van der Waals surface area contributed by atoms with Crippen LogP contribution in [0.4, 0.5) is 15.8 Å². The average molecular weight is 242 g/mol. The highest BCUT2D eigenvalue weighted by atomic mass is 19.1. The van der Waals surface area contributed by atoms with Crippen LogP contribution in [0.15, 0.2) is 12.1 Å². The number of nitrogens with one attached hydrogen (secondary N) is 1. The summed E-state index contributed by atoms with van der Waals surface area (Å²) in [6.45, 7) is 4.41. The van der Waals surface area contributed by atoms with Gasteiger partial charge in [-0.3, -0.25) is 0 Å². The lowest BCUT2D eigenvalue weighted by atomic mass is 9.95. The summed E-state index contributed by atoms with van der Waals surface area (Å²) in [7, 11) is 1.40. The summed E-state index contributed by atoms with van der Waals surface area (Å²) in [6, 6.07) is 2.73. The first-order chi connectivity index (χ1) is 7.89. The highest BCUT2D eigenvalue weighted by molar-refractivity contribution is 5.68. The Labute approximate surface area is 101 Å². The van der Waals surface area contributed by atoms with Crippen LogP contribution in [0.5, 0.6) is 5.75 Å². The van der Waals surface area contributed by atoms with Gasteiger partial charge < -0.3 is 20.9 Å². The zero-order chi connectivity index (χ0) is 13.1. The van der Waals surface area contributed by atoms with Crippen molar-refractivity contribution in [3.8, 4) is 5.75 Å². The van der Waals surface area contributed by atoms with Gasteiger partial charge in [-0.1, -0.05) is 13.8 Å². The summed E-state index contributed by atoms with van der Waals surface area (Å²) >= 11 is 0. The van der Waals surface area contributed by atoms with E-state index in [1.165, 1.54) is 19.2 Å². The van der Waals surface area contributed by atoms with Crippen LogP contribution in [0.25, 0.3) is 0 Å². The van der Waals surface area contributed by atoms with Gasteiger partial charge >= 0.3 is 0 Å². The number of aliphatic hydroxyl groups excluding tert-OH is 1. The monoisotopic (exact) mass is 242 g/mol. The van der Waals surface area contributed by atoms with Crippen molar-refractivity contribution in [3.63, 3.8) is 0 Å². The number of nitrogen functional groups attached to an aromatic ring is 1. The zero-order valence-corrected chi connectivity index (χ0v) is 10.4. The molecule has 1 aromatic rings. The number of ether oxygens (including phenoxy) is 1. The van der Waals surface area contributed by atoms with Crippen molar-refractivity contribution in [3.05, 3.63) is 17.9 Å². The lowest BCUT2D eigenvalue weighted by molar-refractivity contribution is 0.171. The van der Waals surface area contributed by atoms with E-state index >= 15 is 0 Å². The van der Waals surface area contributed by atoms with Gasteiger partial charge in [-0.05, 0) is 0 Å². The minimum absolute atomic E-state index is 0.0538. The van der Waals surface area contributed by atoms with Crippen LogP contribution in [0.3, 0.4) is 0 Å². The summed E-state index contributed by atoms with van der Waals surface area (Å²) in [5, 5.41) is 12.2. The van der Waals surface area contributed by atoms with Gasteiger partial charge in [-0.15, -0.1) is 0 Å². The molecule has 0 aromatic heterocycles. The fourth-order valence-corrected chi connectivity index (χ4v) is 1.27. The maximum Gasteiger partial charge on any atom is 0.167 e. The number of methoxy groups -OCH3 is 1. The van der Waals surface area contributed by atoms with Gasteiger partial charge in [0.25, 0.3) is 0 Å². The molecule has 0 radical (unpaired) electrons. The lowest BCUT2D eigenvalue weighted by Gasteiger charge is -2.23. The Morgan fingerprint density at radius 2 is 2.12 bits per heavy atom. The van der Waals surface area contributed by atoms with Crippen molar-refractivity contribution in [1.82, 2.24) is 0 Å². The second-order valence-corrected chi connectivity index (χ2v) is 4.75. The molecule has 17 heavy (non-hydrogen) atoms. The zero-order valence-electron chi connectivity index (χ0n) is 10.4. The van der Waals surface area contributed by atoms with Crippen molar-refractivity contribution in [2.75, 3.05) is 31.3 Å². The molecular formula is C12H19FN2O2. The molecule has 4 nitrogen and oxygen atoms in total. The fourth-order valence-electron chi connectivity index (χ4n) is 1.27. The molecular weight excluding hydrogens is 223 g/mol. The predicted molar refractivity (Wildman–Crippen MR) is 66.7 cm³/mol. The SMILES string of the molecule is COc1cc(NCC(C)(C)CO)c(N)cc1F. The molecule has 0 saturated carbocycles. The summed E-state index contributed by atoms with van der Waals surface area (Å²) in [5.41, 5.74) is 6.34. The van der Waals surface area contributed by atoms with Crippen molar-refractivity contribution in [1.29, 1.82) is 0 Å². The Balaban J connectivity index is 2.84. The molecule has 0 heterocycles. The van der Waals surface area contributed by atoms with Crippen molar-refractivity contribution >= 4 is 11.4 Å². The Kier molecular flexibility index (Phi) is 4.17. The third kappa shape index (κ3) is 3.49. The van der Waals surface area contributed by atoms with E-state index in [4.69, 9.17) is 15.6 Å². The lowest BCUT2D eigenvalue weighted by Crippen LogP contribution is -2.27. The number of benzene rings is 1. The van der Waals surface area contributed by atoms with Gasteiger partial charge in [-0.25, -0.2) is 4.39 Å². The van der Waals surface area contributed by atoms with Crippen LogP contribution in [-0.4, -0.2) is 25.4 Å². The van der Waals surface area contributed by atoms with Crippen molar-refractivity contribution < 1.29 is 14.2 Å². The molecule has 1 rings (SSSR count). The van der Waals surface area contributed by atoms with Crippen LogP contribution in [-0.2, 0) is 0 Å². The number of hydrogen-bond donors (Lipinski definition) is 3. The molecule has 1 aromatic carbocycles. The maximum atomic E-state index is 13.3. The number of rotatable bonds is 5. The van der Waals surface area contributed by atoms with Crippen LogP contribution in [0.2, 0.25) is 0 Å². The summed E-state index contributed by atoms with van der Waals surface area (Å²) in [6.07, 6.45) is 0. The van der Waals surface area contributed by atoms with E-state index in [9.17, 15) is 4.39 Å². The minimum atomic E-state index is -0.489. The largest absolute Gasteiger partial charge is 0.494 e. The van der Waals surface area contributed by atoms with Crippen LogP contribution < -0.4 is 15.8 Å². The van der Waals surface area contributed by atoms with E-state index in [0.717, 1.165) is 0 Å². The van der Waals surface area contributed by atoms with E-state index in [1.807, 2.05) is 13.8 Å². The minimum Gasteiger partial charge on any atom is -0.494 e. The van der Waals surface area contributed by atoms with Gasteiger partial charge in [0.15, 0.2) is 11.6 Å². The molecule has 4 N–H and O–H groups in total. The van der Waals surface area contributed by atoms with Crippen molar-refractivity contribution in [2.45, 2.75) is 13.8 Å². The predicted octanol–water partition coefficient (Wildman–Crippen LogP) is 1.85. The molecule has 0 fully saturated rings. The molecule has 0 saturated heterocycles. The second kappa shape index (κ2) is 5.23. The topological polar surface area (TPSA) is 67.5 Å². The van der Waals surface area contributed by atoms with Crippen LogP contribution >= 0.6 is 0 Å². The molecule has 0 atom stereocenters. The molecule has 0 amide bonds. The highest BCUT2D eigenvalue weighted by Crippen LogP contribution is 2.28. The second-order valence-electron chi connectivity index (χ2n) is 4.75. The molecule has 0 aliphatic heterocycles. The van der Waals surface area contributed by atoms with Gasteiger partial charge in [-0.2, -0.15) is 0 Å². The molecule has 96 valence electrons. The Bertz CT molecular complexity index is 394. The Hall–Kier alpha value is -1.49. The first-order valence-corrected chi connectivity index (χ1v) is 5.37. The molecule has 5 heteroatoms. The number of halogens is 1. The third-order valence-corrected chi connectivity index (χ3v) is 2.51. The van der Waals surface area contributed by atoms with E-state index in [1.54, 1.807) is 0 Å². The van der Waals surface area contributed by atoms with Gasteiger partial charge in [0.1, 0.15) is 0 Å². The van der Waals surface area contributed by atoms with Crippen molar-refractivity contribution in [2.24, 2.45) is 5.41 Å². The van der Waals surface area contributed by atoms with Crippen LogP contribution in [0, 0.1) is 11.2 Å². The molecule has 0 spiro atoms. The average Bonchev–Trinajstić information content (AvgIpc) is 2.28. The number of aliphatic hydroxyl groups is 1. The molecule has 0 aliphatic carbocycles. The van der Waals surface area contributed by atoms with E-state index in [0.29, 0.717) is 17.9 Å². The maximum absolute atomic E-state index is 13.3. The van der Waals surface area contributed by atoms with Gasteiger partial charge in [0.2, 0.25) is 0 Å². The highest BCUT2D eigenvalue weighted by Gasteiger charge is 2.17. The normalized spacial score (nSPS) is 11.4. The van der Waals surface area contributed by atoms with E-state index in [-0.39, 0.29) is 17.8 Å². The van der Waals surface area contributed by atoms with Crippen LogP contribution in [0.1, 0.15) is 13.8 Å². The quantitative estimate of drug-likeness (QED) is 0.689. The molecule has 0 unspecified atom stereocenters. The summed E-state index contributed by atoms with van der Waals surface area (Å²) in [4.78, 5) is 0. The fraction of sp³-hybridized carbons (Fsp3) is 0.500. The molecule has 0 aliphatic rings. The number of anilines is 2. The number of nitrogens with two attached hydrogens (primary N) is 1. The van der Waals surface area contributed by atoms with E-state index in [2.05, 4.69) is 5.32 Å².